The number of aryl methyl sites for hydroxylation is 4. The second-order valence-electron chi connectivity index (χ2n) is 7.28. The molecule has 32 heavy (non-hydrogen) atoms. The lowest BCUT2D eigenvalue weighted by atomic mass is 10.1. The zero-order valence-corrected chi connectivity index (χ0v) is 19.1. The van der Waals surface area contributed by atoms with Gasteiger partial charge in [0.1, 0.15) is 5.69 Å². The van der Waals surface area contributed by atoms with E-state index in [4.69, 9.17) is 4.74 Å². The topological polar surface area (TPSA) is 128 Å². The van der Waals surface area contributed by atoms with Crippen molar-refractivity contribution in [2.75, 3.05) is 28.7 Å². The molecule has 0 unspecified atom stereocenters. The summed E-state index contributed by atoms with van der Waals surface area (Å²) in [7, 11) is 0. The molecule has 0 atom stereocenters. The van der Waals surface area contributed by atoms with Crippen LogP contribution in [-0.2, 0) is 19.1 Å². The highest BCUT2D eigenvalue weighted by Crippen LogP contribution is 2.27. The van der Waals surface area contributed by atoms with Crippen molar-refractivity contribution in [3.63, 3.8) is 0 Å². The SMILES string of the molecule is Cc1ccc(NC(=O)CSCC(=O)OCC(=O)Nc2cc(C)c(C)cc2[N+](=O)[O-])c(C)c1. The number of nitrogens with one attached hydrogen (secondary N) is 2. The number of carbonyl (C=O) groups excluding carboxylic acids is 3. The highest BCUT2D eigenvalue weighted by Gasteiger charge is 2.18. The fourth-order valence-corrected chi connectivity index (χ4v) is 3.40. The Morgan fingerprint density at radius 3 is 2.22 bits per heavy atom. The summed E-state index contributed by atoms with van der Waals surface area (Å²) < 4.78 is 4.89. The second kappa shape index (κ2) is 11.3. The lowest BCUT2D eigenvalue weighted by Gasteiger charge is -2.10. The van der Waals surface area contributed by atoms with Gasteiger partial charge < -0.3 is 15.4 Å². The minimum absolute atomic E-state index is 0.0385. The molecule has 0 aliphatic heterocycles. The van der Waals surface area contributed by atoms with Gasteiger partial charge in [0.2, 0.25) is 5.91 Å². The van der Waals surface area contributed by atoms with E-state index >= 15 is 0 Å². The largest absolute Gasteiger partial charge is 0.455 e. The summed E-state index contributed by atoms with van der Waals surface area (Å²) in [5.74, 6) is -1.68. The van der Waals surface area contributed by atoms with Crippen LogP contribution in [0.15, 0.2) is 30.3 Å². The second-order valence-corrected chi connectivity index (χ2v) is 8.26. The Kier molecular flexibility index (Phi) is 8.77. The molecule has 2 N–H and O–H groups in total. The summed E-state index contributed by atoms with van der Waals surface area (Å²) in [6.07, 6.45) is 0. The van der Waals surface area contributed by atoms with E-state index in [1.807, 2.05) is 32.0 Å². The Morgan fingerprint density at radius 2 is 1.56 bits per heavy atom. The van der Waals surface area contributed by atoms with Gasteiger partial charge in [0.05, 0.1) is 16.4 Å². The van der Waals surface area contributed by atoms with Crippen molar-refractivity contribution in [2.45, 2.75) is 27.7 Å². The number of amides is 2. The van der Waals surface area contributed by atoms with Gasteiger partial charge in [-0.15, -0.1) is 11.8 Å². The van der Waals surface area contributed by atoms with Gasteiger partial charge in [-0.05, 0) is 56.5 Å². The van der Waals surface area contributed by atoms with Gasteiger partial charge in [-0.2, -0.15) is 0 Å². The molecule has 10 heteroatoms. The number of benzene rings is 2. The molecular formula is C22H25N3O6S. The molecule has 0 aliphatic carbocycles. The summed E-state index contributed by atoms with van der Waals surface area (Å²) >= 11 is 1.06. The van der Waals surface area contributed by atoms with Crippen LogP contribution in [0.4, 0.5) is 17.1 Å². The number of nitro groups is 1. The fourth-order valence-electron chi connectivity index (χ4n) is 2.79. The molecular weight excluding hydrogens is 434 g/mol. The molecule has 0 saturated carbocycles. The van der Waals surface area contributed by atoms with Crippen molar-refractivity contribution >= 4 is 46.6 Å². The molecule has 0 bridgehead atoms. The Balaban J connectivity index is 1.76. The van der Waals surface area contributed by atoms with Gasteiger partial charge in [-0.1, -0.05) is 17.7 Å². The summed E-state index contributed by atoms with van der Waals surface area (Å²) in [5, 5.41) is 16.4. The van der Waals surface area contributed by atoms with Crippen molar-refractivity contribution in [1.29, 1.82) is 0 Å². The minimum Gasteiger partial charge on any atom is -0.455 e. The number of carbonyl (C=O) groups is 3. The summed E-state index contributed by atoms with van der Waals surface area (Å²) in [4.78, 5) is 46.5. The number of hydrogen-bond donors (Lipinski definition) is 2. The quantitative estimate of drug-likeness (QED) is 0.333. The fraction of sp³-hybridized carbons (Fsp3) is 0.318. The number of rotatable bonds is 9. The van der Waals surface area contributed by atoms with Gasteiger partial charge in [0, 0.05) is 11.8 Å². The van der Waals surface area contributed by atoms with Crippen LogP contribution in [0.1, 0.15) is 22.3 Å². The molecule has 2 aromatic rings. The third-order valence-corrected chi connectivity index (χ3v) is 5.46. The molecule has 0 aromatic heterocycles. The van der Waals surface area contributed by atoms with E-state index in [0.29, 0.717) is 5.69 Å². The Morgan fingerprint density at radius 1 is 0.906 bits per heavy atom. The van der Waals surface area contributed by atoms with Crippen LogP contribution in [0.5, 0.6) is 0 Å². The van der Waals surface area contributed by atoms with E-state index in [9.17, 15) is 24.5 Å². The van der Waals surface area contributed by atoms with E-state index < -0.39 is 23.4 Å². The van der Waals surface area contributed by atoms with Gasteiger partial charge in [0.15, 0.2) is 6.61 Å². The molecule has 0 fully saturated rings. The van der Waals surface area contributed by atoms with Crippen LogP contribution < -0.4 is 10.6 Å². The predicted octanol–water partition coefficient (Wildman–Crippen LogP) is 3.68. The Hall–Kier alpha value is -3.40. The van der Waals surface area contributed by atoms with Crippen LogP contribution in [0.2, 0.25) is 0 Å². The third kappa shape index (κ3) is 7.38. The van der Waals surface area contributed by atoms with Crippen molar-refractivity contribution in [3.8, 4) is 0 Å². The average molecular weight is 460 g/mol. The number of hydrogen-bond acceptors (Lipinski definition) is 7. The molecule has 2 rings (SSSR count). The highest BCUT2D eigenvalue weighted by atomic mass is 32.2. The molecule has 0 saturated heterocycles. The van der Waals surface area contributed by atoms with Gasteiger partial charge in [0.25, 0.3) is 11.6 Å². The van der Waals surface area contributed by atoms with Gasteiger partial charge >= 0.3 is 5.97 Å². The molecule has 9 nitrogen and oxygen atoms in total. The standard InChI is InChI=1S/C22H25N3O6S/c1-13-5-6-17(16(4)7-13)23-21(27)11-32-12-22(28)31-10-20(26)24-18-8-14(2)15(3)9-19(18)25(29)30/h5-9H,10-12H2,1-4H3,(H,23,27)(H,24,26). The normalized spacial score (nSPS) is 10.4. The summed E-state index contributed by atoms with van der Waals surface area (Å²) in [5.41, 5.74) is 4.04. The molecule has 0 aliphatic rings. The predicted molar refractivity (Wildman–Crippen MR) is 124 cm³/mol. The van der Waals surface area contributed by atoms with Crippen LogP contribution in [-0.4, -0.2) is 40.8 Å². The number of thioether (sulfide) groups is 1. The van der Waals surface area contributed by atoms with Crippen LogP contribution in [0.3, 0.4) is 0 Å². The lowest BCUT2D eigenvalue weighted by Crippen LogP contribution is -2.23. The van der Waals surface area contributed by atoms with E-state index in [1.165, 1.54) is 12.1 Å². The number of ether oxygens (including phenoxy) is 1. The van der Waals surface area contributed by atoms with E-state index in [0.717, 1.165) is 34.0 Å². The van der Waals surface area contributed by atoms with E-state index in [1.54, 1.807) is 13.8 Å². The zero-order chi connectivity index (χ0) is 23.8. The van der Waals surface area contributed by atoms with Crippen molar-refractivity contribution < 1.29 is 24.0 Å². The molecule has 2 aromatic carbocycles. The summed E-state index contributed by atoms with van der Waals surface area (Å²) in [6, 6.07) is 8.54. The number of esters is 1. The van der Waals surface area contributed by atoms with Crippen molar-refractivity contribution in [3.05, 3.63) is 62.7 Å². The maximum absolute atomic E-state index is 12.0. The number of anilines is 2. The van der Waals surface area contributed by atoms with Crippen molar-refractivity contribution in [1.82, 2.24) is 0 Å². The number of nitro benzene ring substituents is 1. The molecule has 170 valence electrons. The lowest BCUT2D eigenvalue weighted by molar-refractivity contribution is -0.384. The molecule has 0 radical (unpaired) electrons. The van der Waals surface area contributed by atoms with Crippen LogP contribution >= 0.6 is 11.8 Å². The Bertz CT molecular complexity index is 1050. The highest BCUT2D eigenvalue weighted by molar-refractivity contribution is 8.00. The molecule has 0 spiro atoms. The van der Waals surface area contributed by atoms with E-state index in [2.05, 4.69) is 10.6 Å². The van der Waals surface area contributed by atoms with E-state index in [-0.39, 0.29) is 28.8 Å². The average Bonchev–Trinajstić information content (AvgIpc) is 2.71. The van der Waals surface area contributed by atoms with Gasteiger partial charge in [-0.25, -0.2) is 0 Å². The summed E-state index contributed by atoms with van der Waals surface area (Å²) in [6.45, 7) is 6.77. The van der Waals surface area contributed by atoms with Crippen LogP contribution in [0, 0.1) is 37.8 Å². The number of nitrogens with zero attached hydrogens (tertiary/aromatic N) is 1. The minimum atomic E-state index is -0.692. The molecule has 2 amide bonds. The van der Waals surface area contributed by atoms with Crippen LogP contribution in [0.25, 0.3) is 0 Å². The zero-order valence-electron chi connectivity index (χ0n) is 18.3. The first-order chi connectivity index (χ1) is 15.1. The van der Waals surface area contributed by atoms with Crippen molar-refractivity contribution in [2.24, 2.45) is 0 Å². The molecule has 0 heterocycles. The monoisotopic (exact) mass is 459 g/mol. The maximum Gasteiger partial charge on any atom is 0.316 e. The first-order valence-electron chi connectivity index (χ1n) is 9.72. The first-order valence-corrected chi connectivity index (χ1v) is 10.9. The smallest absolute Gasteiger partial charge is 0.316 e. The maximum atomic E-state index is 12.0. The van der Waals surface area contributed by atoms with Gasteiger partial charge in [-0.3, -0.25) is 24.5 Å². The Labute approximate surface area is 190 Å². The first kappa shape index (κ1) is 24.9. The third-order valence-electron chi connectivity index (χ3n) is 4.56.